The van der Waals surface area contributed by atoms with Crippen molar-refractivity contribution >= 4 is 58.0 Å². The SMILES string of the molecule is CSc1ccc(C=C2SC(=S)N(CCCC(=O)O)C2=O)cc1. The molecule has 116 valence electrons. The lowest BCUT2D eigenvalue weighted by Crippen LogP contribution is -2.29. The Morgan fingerprint density at radius 1 is 1.41 bits per heavy atom. The van der Waals surface area contributed by atoms with E-state index in [1.165, 1.54) is 21.6 Å². The molecule has 4 nitrogen and oxygen atoms in total. The van der Waals surface area contributed by atoms with Crippen LogP contribution in [0.15, 0.2) is 34.1 Å². The summed E-state index contributed by atoms with van der Waals surface area (Å²) in [5.41, 5.74) is 0.948. The number of hydrogen-bond donors (Lipinski definition) is 1. The highest BCUT2D eigenvalue weighted by atomic mass is 32.2. The first-order valence-electron chi connectivity index (χ1n) is 6.62. The second-order valence-electron chi connectivity index (χ2n) is 4.60. The van der Waals surface area contributed by atoms with E-state index in [-0.39, 0.29) is 12.3 Å². The van der Waals surface area contributed by atoms with E-state index in [0.29, 0.717) is 22.2 Å². The molecule has 7 heteroatoms. The topological polar surface area (TPSA) is 57.6 Å². The number of thiocarbonyl (C=S) groups is 1. The van der Waals surface area contributed by atoms with Gasteiger partial charge in [-0.3, -0.25) is 14.5 Å². The molecule has 1 fully saturated rings. The number of amides is 1. The van der Waals surface area contributed by atoms with E-state index in [9.17, 15) is 9.59 Å². The van der Waals surface area contributed by atoms with Gasteiger partial charge in [-0.05, 0) is 36.4 Å². The number of rotatable bonds is 6. The summed E-state index contributed by atoms with van der Waals surface area (Å²) in [4.78, 5) is 26.1. The molecule has 1 saturated heterocycles. The first kappa shape index (κ1) is 17.1. The fourth-order valence-corrected chi connectivity index (χ4v) is 3.65. The zero-order valence-corrected chi connectivity index (χ0v) is 14.4. The highest BCUT2D eigenvalue weighted by molar-refractivity contribution is 8.26. The lowest BCUT2D eigenvalue weighted by Gasteiger charge is -2.13. The van der Waals surface area contributed by atoms with Crippen molar-refractivity contribution < 1.29 is 14.7 Å². The van der Waals surface area contributed by atoms with Gasteiger partial charge in [-0.2, -0.15) is 0 Å². The molecule has 0 bridgehead atoms. The minimum absolute atomic E-state index is 0.0340. The van der Waals surface area contributed by atoms with Crippen molar-refractivity contribution in [2.24, 2.45) is 0 Å². The van der Waals surface area contributed by atoms with Crippen molar-refractivity contribution in [2.45, 2.75) is 17.7 Å². The Kier molecular flexibility index (Phi) is 6.05. The molecule has 0 atom stereocenters. The van der Waals surface area contributed by atoms with Gasteiger partial charge < -0.3 is 5.11 Å². The van der Waals surface area contributed by atoms with E-state index in [0.717, 1.165) is 5.56 Å². The second-order valence-corrected chi connectivity index (χ2v) is 7.16. The molecule has 1 amide bonds. The first-order valence-corrected chi connectivity index (χ1v) is 9.07. The lowest BCUT2D eigenvalue weighted by molar-refractivity contribution is -0.137. The molecule has 1 aromatic carbocycles. The molecule has 22 heavy (non-hydrogen) atoms. The normalized spacial score (nSPS) is 16.6. The lowest BCUT2D eigenvalue weighted by atomic mass is 10.2. The molecule has 1 N–H and O–H groups in total. The molecule has 0 unspecified atom stereocenters. The molecular weight excluding hydrogens is 338 g/mol. The molecule has 0 saturated carbocycles. The number of benzene rings is 1. The molecule has 0 spiro atoms. The van der Waals surface area contributed by atoms with Crippen molar-refractivity contribution in [1.29, 1.82) is 0 Å². The Morgan fingerprint density at radius 3 is 2.68 bits per heavy atom. The van der Waals surface area contributed by atoms with Crippen molar-refractivity contribution in [3.63, 3.8) is 0 Å². The molecule has 2 rings (SSSR count). The highest BCUT2D eigenvalue weighted by Crippen LogP contribution is 2.32. The molecule has 0 radical (unpaired) electrons. The molecule has 1 aliphatic rings. The van der Waals surface area contributed by atoms with Crippen molar-refractivity contribution in [3.8, 4) is 0 Å². The molecule has 1 aromatic rings. The Bertz CT molecular complexity index is 625. The zero-order valence-electron chi connectivity index (χ0n) is 11.9. The molecular formula is C15H15NO3S3. The summed E-state index contributed by atoms with van der Waals surface area (Å²) < 4.78 is 0.488. The third-order valence-corrected chi connectivity index (χ3v) is 5.18. The zero-order chi connectivity index (χ0) is 16.1. The molecule has 1 aliphatic heterocycles. The van der Waals surface area contributed by atoms with Crippen LogP contribution >= 0.6 is 35.7 Å². The van der Waals surface area contributed by atoms with E-state index < -0.39 is 5.97 Å². The van der Waals surface area contributed by atoms with Gasteiger partial charge in [0, 0.05) is 17.9 Å². The predicted octanol–water partition coefficient (Wildman–Crippen LogP) is 3.47. The van der Waals surface area contributed by atoms with Gasteiger partial charge in [-0.15, -0.1) is 11.8 Å². The molecule has 0 aliphatic carbocycles. The number of carbonyl (C=O) groups is 2. The van der Waals surface area contributed by atoms with Gasteiger partial charge in [0.05, 0.1) is 4.91 Å². The number of carboxylic acids is 1. The number of carboxylic acid groups (broad SMARTS) is 1. The van der Waals surface area contributed by atoms with E-state index in [2.05, 4.69) is 0 Å². The van der Waals surface area contributed by atoms with Gasteiger partial charge in [-0.25, -0.2) is 0 Å². The van der Waals surface area contributed by atoms with Crippen LogP contribution in [0.1, 0.15) is 18.4 Å². The molecule has 0 aromatic heterocycles. The maximum absolute atomic E-state index is 12.3. The Labute approximate surface area is 143 Å². The smallest absolute Gasteiger partial charge is 0.303 e. The summed E-state index contributed by atoms with van der Waals surface area (Å²) in [6.07, 6.45) is 4.27. The van der Waals surface area contributed by atoms with Crippen LogP contribution in [-0.2, 0) is 9.59 Å². The van der Waals surface area contributed by atoms with Crippen LogP contribution in [0.2, 0.25) is 0 Å². The van der Waals surface area contributed by atoms with Crippen molar-refractivity contribution in [1.82, 2.24) is 4.90 Å². The van der Waals surface area contributed by atoms with Gasteiger partial charge in [-0.1, -0.05) is 36.1 Å². The van der Waals surface area contributed by atoms with E-state index in [4.69, 9.17) is 17.3 Å². The fourth-order valence-electron chi connectivity index (χ4n) is 1.93. The van der Waals surface area contributed by atoms with Crippen molar-refractivity contribution in [3.05, 3.63) is 34.7 Å². The van der Waals surface area contributed by atoms with Crippen LogP contribution in [-0.4, -0.2) is 39.0 Å². The minimum atomic E-state index is -0.866. The summed E-state index contributed by atoms with van der Waals surface area (Å²) >= 11 is 8.13. The van der Waals surface area contributed by atoms with Gasteiger partial charge in [0.25, 0.3) is 5.91 Å². The van der Waals surface area contributed by atoms with Gasteiger partial charge in [0.2, 0.25) is 0 Å². The summed E-state index contributed by atoms with van der Waals surface area (Å²) in [5.74, 6) is -1.01. The third-order valence-electron chi connectivity index (χ3n) is 3.06. The van der Waals surface area contributed by atoms with E-state index in [1.54, 1.807) is 11.8 Å². The number of hydrogen-bond acceptors (Lipinski definition) is 5. The van der Waals surface area contributed by atoms with Gasteiger partial charge >= 0.3 is 5.97 Å². The van der Waals surface area contributed by atoms with Crippen LogP contribution in [0, 0.1) is 0 Å². The van der Waals surface area contributed by atoms with Crippen LogP contribution in [0.5, 0.6) is 0 Å². The first-order chi connectivity index (χ1) is 10.5. The van der Waals surface area contributed by atoms with Crippen LogP contribution in [0.4, 0.5) is 0 Å². The largest absolute Gasteiger partial charge is 0.481 e. The van der Waals surface area contributed by atoms with Crippen molar-refractivity contribution in [2.75, 3.05) is 12.8 Å². The monoisotopic (exact) mass is 353 g/mol. The number of carbonyl (C=O) groups excluding carboxylic acids is 1. The van der Waals surface area contributed by atoms with Crippen LogP contribution < -0.4 is 0 Å². The maximum Gasteiger partial charge on any atom is 0.303 e. The average molecular weight is 353 g/mol. The summed E-state index contributed by atoms with van der Waals surface area (Å²) in [6, 6.07) is 7.93. The summed E-state index contributed by atoms with van der Waals surface area (Å²) in [7, 11) is 0. The summed E-state index contributed by atoms with van der Waals surface area (Å²) in [5, 5.41) is 8.65. The highest BCUT2D eigenvalue weighted by Gasteiger charge is 2.31. The van der Waals surface area contributed by atoms with Crippen LogP contribution in [0.25, 0.3) is 6.08 Å². The van der Waals surface area contributed by atoms with E-state index >= 15 is 0 Å². The fraction of sp³-hybridized carbons (Fsp3) is 0.267. The minimum Gasteiger partial charge on any atom is -0.481 e. The summed E-state index contributed by atoms with van der Waals surface area (Å²) in [6.45, 7) is 0.347. The second kappa shape index (κ2) is 7.80. The number of thioether (sulfide) groups is 2. The van der Waals surface area contributed by atoms with Crippen LogP contribution in [0.3, 0.4) is 0 Å². The third kappa shape index (κ3) is 4.34. The van der Waals surface area contributed by atoms with E-state index in [1.807, 2.05) is 36.6 Å². The number of nitrogens with zero attached hydrogens (tertiary/aromatic N) is 1. The maximum atomic E-state index is 12.3. The van der Waals surface area contributed by atoms with Gasteiger partial charge in [0.15, 0.2) is 0 Å². The quantitative estimate of drug-likeness (QED) is 0.480. The number of aliphatic carboxylic acids is 1. The predicted molar refractivity (Wildman–Crippen MR) is 95.0 cm³/mol. The Balaban J connectivity index is 2.06. The Morgan fingerprint density at radius 2 is 2.09 bits per heavy atom. The molecule has 1 heterocycles. The standard InChI is InChI=1S/C15H15NO3S3/c1-21-11-6-4-10(5-7-11)9-12-14(19)16(15(20)22-12)8-2-3-13(17)18/h4-7,9H,2-3,8H2,1H3,(H,17,18). The average Bonchev–Trinajstić information content (AvgIpc) is 2.75. The Hall–Kier alpha value is -1.31. The van der Waals surface area contributed by atoms with Gasteiger partial charge in [0.1, 0.15) is 4.32 Å².